The summed E-state index contributed by atoms with van der Waals surface area (Å²) in [4.78, 5) is 4.70. The fourth-order valence-electron chi connectivity index (χ4n) is 4.00. The Morgan fingerprint density at radius 2 is 1.41 bits per heavy atom. The van der Waals surface area contributed by atoms with E-state index in [9.17, 15) is 0 Å². The van der Waals surface area contributed by atoms with Crippen LogP contribution in [0.4, 0.5) is 0 Å². The van der Waals surface area contributed by atoms with Crippen LogP contribution >= 0.6 is 0 Å². The van der Waals surface area contributed by atoms with Crippen molar-refractivity contribution in [3.63, 3.8) is 0 Å². The molecule has 2 heteroatoms. The van der Waals surface area contributed by atoms with Crippen LogP contribution in [0.2, 0.25) is 0 Å². The molecule has 0 fully saturated rings. The molecule has 0 aliphatic heterocycles. The predicted octanol–water partition coefficient (Wildman–Crippen LogP) is 6.95. The standard InChI is InChI=1S/C25H15NO/c1-2-8-18-15-26-22(14-17(18)7-1)20-10-5-11-21-24-19-9-4-3-6-16(19)12-13-23(24)27-25(20)21/h1-15H. The first-order chi connectivity index (χ1) is 13.4. The monoisotopic (exact) mass is 345 g/mol. The normalized spacial score (nSPS) is 11.7. The summed E-state index contributed by atoms with van der Waals surface area (Å²) in [5, 5.41) is 7.07. The lowest BCUT2D eigenvalue weighted by molar-refractivity contribution is 0.670. The Morgan fingerprint density at radius 3 is 2.33 bits per heavy atom. The molecule has 0 aliphatic rings. The van der Waals surface area contributed by atoms with Crippen molar-refractivity contribution in [3.05, 3.63) is 91.1 Å². The van der Waals surface area contributed by atoms with Crippen molar-refractivity contribution in [2.24, 2.45) is 0 Å². The number of pyridine rings is 1. The van der Waals surface area contributed by atoms with Gasteiger partial charge in [0, 0.05) is 27.9 Å². The van der Waals surface area contributed by atoms with Crippen molar-refractivity contribution in [3.8, 4) is 11.3 Å². The Morgan fingerprint density at radius 1 is 0.630 bits per heavy atom. The molecule has 0 aliphatic carbocycles. The van der Waals surface area contributed by atoms with Gasteiger partial charge in [-0.1, -0.05) is 66.7 Å². The Hall–Kier alpha value is -3.65. The Balaban J connectivity index is 1.71. The Kier molecular flexibility index (Phi) is 2.91. The fourth-order valence-corrected chi connectivity index (χ4v) is 4.00. The van der Waals surface area contributed by atoms with Crippen LogP contribution in [-0.2, 0) is 0 Å². The zero-order valence-electron chi connectivity index (χ0n) is 14.5. The number of rotatable bonds is 1. The molecule has 0 bridgehead atoms. The van der Waals surface area contributed by atoms with Crippen molar-refractivity contribution in [1.82, 2.24) is 4.98 Å². The molecule has 0 amide bonds. The first kappa shape index (κ1) is 14.5. The largest absolute Gasteiger partial charge is 0.455 e. The lowest BCUT2D eigenvalue weighted by Crippen LogP contribution is -1.84. The third-order valence-corrected chi connectivity index (χ3v) is 5.29. The zero-order valence-corrected chi connectivity index (χ0v) is 14.5. The topological polar surface area (TPSA) is 26.0 Å². The summed E-state index contributed by atoms with van der Waals surface area (Å²) in [5.74, 6) is 0. The first-order valence-corrected chi connectivity index (χ1v) is 9.07. The summed E-state index contributed by atoms with van der Waals surface area (Å²) >= 11 is 0. The van der Waals surface area contributed by atoms with Crippen molar-refractivity contribution in [2.45, 2.75) is 0 Å². The zero-order chi connectivity index (χ0) is 17.8. The van der Waals surface area contributed by atoms with Gasteiger partial charge >= 0.3 is 0 Å². The highest BCUT2D eigenvalue weighted by molar-refractivity contribution is 6.20. The molecule has 4 aromatic carbocycles. The van der Waals surface area contributed by atoms with Crippen LogP contribution in [0.3, 0.4) is 0 Å². The smallest absolute Gasteiger partial charge is 0.144 e. The number of nitrogens with zero attached hydrogens (tertiary/aromatic N) is 1. The van der Waals surface area contributed by atoms with E-state index < -0.39 is 0 Å². The molecule has 6 aromatic rings. The summed E-state index contributed by atoms with van der Waals surface area (Å²) in [6.45, 7) is 0. The maximum absolute atomic E-state index is 6.32. The SMILES string of the molecule is c1ccc2cc(-c3cccc4c3oc3ccc5ccccc5c34)ncc2c1. The second-order valence-corrected chi connectivity index (χ2v) is 6.86. The minimum atomic E-state index is 0.895. The highest BCUT2D eigenvalue weighted by atomic mass is 16.3. The highest BCUT2D eigenvalue weighted by Gasteiger charge is 2.15. The van der Waals surface area contributed by atoms with E-state index in [0.717, 1.165) is 33.2 Å². The van der Waals surface area contributed by atoms with Crippen LogP contribution in [0.15, 0.2) is 95.5 Å². The fraction of sp³-hybridized carbons (Fsp3) is 0. The van der Waals surface area contributed by atoms with Crippen LogP contribution in [0.1, 0.15) is 0 Å². The van der Waals surface area contributed by atoms with Crippen LogP contribution in [0, 0.1) is 0 Å². The third kappa shape index (κ3) is 2.10. The molecule has 0 radical (unpaired) electrons. The first-order valence-electron chi connectivity index (χ1n) is 9.07. The molecule has 0 unspecified atom stereocenters. The summed E-state index contributed by atoms with van der Waals surface area (Å²) in [7, 11) is 0. The molecule has 2 aromatic heterocycles. The molecule has 6 rings (SSSR count). The number of aromatic nitrogens is 1. The van der Waals surface area contributed by atoms with Gasteiger partial charge in [0.25, 0.3) is 0 Å². The third-order valence-electron chi connectivity index (χ3n) is 5.29. The van der Waals surface area contributed by atoms with E-state index in [1.54, 1.807) is 0 Å². The number of hydrogen-bond acceptors (Lipinski definition) is 2. The minimum absolute atomic E-state index is 0.895. The van der Waals surface area contributed by atoms with Gasteiger partial charge in [0.2, 0.25) is 0 Å². The van der Waals surface area contributed by atoms with Crippen LogP contribution in [0.5, 0.6) is 0 Å². The molecule has 0 saturated carbocycles. The molecule has 0 N–H and O–H groups in total. The second kappa shape index (κ2) is 5.42. The van der Waals surface area contributed by atoms with Crippen LogP contribution < -0.4 is 0 Å². The van der Waals surface area contributed by atoms with E-state index in [1.807, 2.05) is 12.3 Å². The molecule has 2 heterocycles. The average Bonchev–Trinajstić information content (AvgIpc) is 3.12. The van der Waals surface area contributed by atoms with Crippen molar-refractivity contribution in [1.29, 1.82) is 0 Å². The number of fused-ring (bicyclic) bond motifs is 6. The quantitative estimate of drug-likeness (QED) is 0.322. The molecule has 0 spiro atoms. The second-order valence-electron chi connectivity index (χ2n) is 6.86. The molecule has 126 valence electrons. The molecule has 27 heavy (non-hydrogen) atoms. The number of hydrogen-bond donors (Lipinski definition) is 0. The van der Waals surface area contributed by atoms with Gasteiger partial charge in [-0.05, 0) is 34.4 Å². The molecule has 0 saturated heterocycles. The van der Waals surface area contributed by atoms with Gasteiger partial charge in [-0.25, -0.2) is 0 Å². The predicted molar refractivity (Wildman–Crippen MR) is 112 cm³/mol. The van der Waals surface area contributed by atoms with Crippen molar-refractivity contribution in [2.75, 3.05) is 0 Å². The number of benzene rings is 4. The molecular formula is C25H15NO. The lowest BCUT2D eigenvalue weighted by Gasteiger charge is -2.04. The maximum atomic E-state index is 6.32. The highest BCUT2D eigenvalue weighted by Crippen LogP contribution is 2.38. The molecular weight excluding hydrogens is 330 g/mol. The Labute approximate surface area is 155 Å². The summed E-state index contributed by atoms with van der Waals surface area (Å²) in [6, 6.07) is 29.4. The van der Waals surface area contributed by atoms with Gasteiger partial charge in [0.1, 0.15) is 11.2 Å². The Bertz CT molecular complexity index is 1480. The maximum Gasteiger partial charge on any atom is 0.144 e. The summed E-state index contributed by atoms with van der Waals surface area (Å²) in [6.07, 6.45) is 1.93. The van der Waals surface area contributed by atoms with Gasteiger partial charge in [-0.2, -0.15) is 0 Å². The van der Waals surface area contributed by atoms with Crippen LogP contribution in [0.25, 0.3) is 54.7 Å². The van der Waals surface area contributed by atoms with E-state index in [1.165, 1.54) is 21.5 Å². The molecule has 2 nitrogen and oxygen atoms in total. The number of para-hydroxylation sites is 1. The summed E-state index contributed by atoms with van der Waals surface area (Å²) in [5.41, 5.74) is 3.77. The van der Waals surface area contributed by atoms with E-state index in [0.29, 0.717) is 0 Å². The number of furan rings is 1. The van der Waals surface area contributed by atoms with Crippen LogP contribution in [-0.4, -0.2) is 4.98 Å². The van der Waals surface area contributed by atoms with Crippen molar-refractivity contribution >= 4 is 43.5 Å². The molecule has 0 atom stereocenters. The lowest BCUT2D eigenvalue weighted by atomic mass is 10.0. The van der Waals surface area contributed by atoms with E-state index in [2.05, 4.69) is 78.9 Å². The van der Waals surface area contributed by atoms with Gasteiger partial charge in [-0.3, -0.25) is 4.98 Å². The van der Waals surface area contributed by atoms with Crippen molar-refractivity contribution < 1.29 is 4.42 Å². The summed E-state index contributed by atoms with van der Waals surface area (Å²) < 4.78 is 6.32. The van der Waals surface area contributed by atoms with Gasteiger partial charge < -0.3 is 4.42 Å². The average molecular weight is 345 g/mol. The van der Waals surface area contributed by atoms with E-state index in [-0.39, 0.29) is 0 Å². The van der Waals surface area contributed by atoms with Gasteiger partial charge in [0.05, 0.1) is 5.69 Å². The van der Waals surface area contributed by atoms with E-state index in [4.69, 9.17) is 9.40 Å². The van der Waals surface area contributed by atoms with E-state index >= 15 is 0 Å². The van der Waals surface area contributed by atoms with Gasteiger partial charge in [0.15, 0.2) is 0 Å². The van der Waals surface area contributed by atoms with Gasteiger partial charge in [-0.15, -0.1) is 0 Å². The minimum Gasteiger partial charge on any atom is -0.455 e.